The second kappa shape index (κ2) is 9.20. The average molecular weight is 410 g/mol. The highest BCUT2D eigenvalue weighted by molar-refractivity contribution is 7.89. The van der Waals surface area contributed by atoms with Crippen molar-refractivity contribution >= 4 is 38.2 Å². The Kier molecular flexibility index (Phi) is 7.23. The maximum Gasteiger partial charge on any atom is 0.243 e. The molecule has 0 aliphatic rings. The van der Waals surface area contributed by atoms with Crippen LogP contribution in [-0.2, 0) is 21.2 Å². The van der Waals surface area contributed by atoms with Gasteiger partial charge >= 0.3 is 0 Å². The van der Waals surface area contributed by atoms with Gasteiger partial charge in [-0.3, -0.25) is 9.59 Å². The lowest BCUT2D eigenvalue weighted by Crippen LogP contribution is -2.30. The minimum Gasteiger partial charge on any atom is -0.302 e. The Morgan fingerprint density at radius 1 is 1.15 bits per heavy atom. The van der Waals surface area contributed by atoms with Crippen molar-refractivity contribution in [2.24, 2.45) is 0 Å². The van der Waals surface area contributed by atoms with Gasteiger partial charge in [0.05, 0.1) is 4.90 Å². The molecule has 2 aromatic rings. The van der Waals surface area contributed by atoms with Crippen LogP contribution in [0, 0.1) is 0 Å². The van der Waals surface area contributed by atoms with Crippen LogP contribution in [0.15, 0.2) is 34.5 Å². The molecule has 9 heteroatoms. The van der Waals surface area contributed by atoms with E-state index in [0.29, 0.717) is 30.3 Å². The summed E-state index contributed by atoms with van der Waals surface area (Å²) in [6.07, 6.45) is 0.708. The number of nitrogens with one attached hydrogen (secondary N) is 1. The molecule has 0 aliphatic heterocycles. The first-order valence-electron chi connectivity index (χ1n) is 8.63. The van der Waals surface area contributed by atoms with Gasteiger partial charge in [-0.1, -0.05) is 26.0 Å². The number of nitrogens with zero attached hydrogens (tertiary/aromatic N) is 2. The number of sulfonamides is 1. The zero-order valence-corrected chi connectivity index (χ0v) is 17.2. The van der Waals surface area contributed by atoms with E-state index in [2.05, 4.69) is 10.3 Å². The van der Waals surface area contributed by atoms with Crippen LogP contribution in [0.1, 0.15) is 43.2 Å². The Labute approximate surface area is 163 Å². The monoisotopic (exact) mass is 409 g/mol. The van der Waals surface area contributed by atoms with E-state index in [-0.39, 0.29) is 23.0 Å². The van der Waals surface area contributed by atoms with Crippen molar-refractivity contribution < 1.29 is 18.0 Å². The maximum atomic E-state index is 12.5. The lowest BCUT2D eigenvalue weighted by atomic mass is 10.1. The van der Waals surface area contributed by atoms with E-state index in [0.717, 1.165) is 5.56 Å². The van der Waals surface area contributed by atoms with E-state index in [1.54, 1.807) is 43.5 Å². The number of Topliss-reactive ketones (excluding diaryl/α,β-unsaturated/α-hetero) is 1. The molecule has 0 fully saturated rings. The third kappa shape index (κ3) is 5.44. The van der Waals surface area contributed by atoms with Gasteiger partial charge in [0.15, 0.2) is 10.9 Å². The van der Waals surface area contributed by atoms with Crippen LogP contribution in [-0.4, -0.2) is 42.5 Å². The van der Waals surface area contributed by atoms with E-state index in [4.69, 9.17) is 0 Å². The fraction of sp³-hybridized carbons (Fsp3) is 0.389. The summed E-state index contributed by atoms with van der Waals surface area (Å²) < 4.78 is 26.3. The van der Waals surface area contributed by atoms with Gasteiger partial charge in [-0.15, -0.1) is 11.3 Å². The van der Waals surface area contributed by atoms with Crippen LogP contribution in [0.25, 0.3) is 0 Å². The minimum absolute atomic E-state index is 0.147. The average Bonchev–Trinajstić information content (AvgIpc) is 3.10. The first-order chi connectivity index (χ1) is 12.8. The van der Waals surface area contributed by atoms with Gasteiger partial charge in [-0.25, -0.2) is 13.4 Å². The van der Waals surface area contributed by atoms with E-state index in [9.17, 15) is 18.0 Å². The molecule has 1 N–H and O–H groups in total. The van der Waals surface area contributed by atoms with E-state index in [1.807, 2.05) is 0 Å². The van der Waals surface area contributed by atoms with Gasteiger partial charge in [-0.05, 0) is 24.1 Å². The highest BCUT2D eigenvalue weighted by atomic mass is 32.2. The van der Waals surface area contributed by atoms with Crippen LogP contribution in [0.2, 0.25) is 0 Å². The summed E-state index contributed by atoms with van der Waals surface area (Å²) in [6, 6.07) is 6.59. The number of carbonyl (C=O) groups excluding carboxylic acids is 2. The van der Waals surface area contributed by atoms with Crippen molar-refractivity contribution in [3.8, 4) is 0 Å². The third-order valence-electron chi connectivity index (χ3n) is 4.02. The number of thiazole rings is 1. The fourth-order valence-electron chi connectivity index (χ4n) is 2.47. The number of rotatable bonds is 9. The molecule has 146 valence electrons. The van der Waals surface area contributed by atoms with Crippen molar-refractivity contribution in [3.05, 3.63) is 40.9 Å². The topological polar surface area (TPSA) is 96.4 Å². The number of carbonyl (C=O) groups is 2. The lowest BCUT2D eigenvalue weighted by Gasteiger charge is -2.18. The molecular weight excluding hydrogens is 386 g/mol. The van der Waals surface area contributed by atoms with E-state index < -0.39 is 10.0 Å². The highest BCUT2D eigenvalue weighted by Gasteiger charge is 2.21. The Morgan fingerprint density at radius 3 is 2.30 bits per heavy atom. The van der Waals surface area contributed by atoms with Crippen molar-refractivity contribution in [2.45, 2.75) is 38.5 Å². The minimum atomic E-state index is -3.48. The molecule has 2 rings (SSSR count). The summed E-state index contributed by atoms with van der Waals surface area (Å²) in [5.74, 6) is -0.356. The molecule has 0 radical (unpaired) electrons. The molecule has 1 heterocycles. The van der Waals surface area contributed by atoms with Gasteiger partial charge in [-0.2, -0.15) is 4.31 Å². The highest BCUT2D eigenvalue weighted by Crippen LogP contribution is 2.18. The molecule has 0 saturated carbocycles. The molecule has 0 unspecified atom stereocenters. The van der Waals surface area contributed by atoms with E-state index in [1.165, 1.54) is 22.6 Å². The second-order valence-corrected chi connectivity index (χ2v) is 8.67. The summed E-state index contributed by atoms with van der Waals surface area (Å²) in [5, 5.41) is 4.67. The number of hydrogen-bond donors (Lipinski definition) is 1. The Balaban J connectivity index is 1.94. The number of hydrogen-bond acceptors (Lipinski definition) is 6. The summed E-state index contributed by atoms with van der Waals surface area (Å²) >= 11 is 1.20. The Bertz CT molecular complexity index is 901. The second-order valence-electron chi connectivity index (χ2n) is 5.88. The molecule has 0 aliphatic carbocycles. The zero-order chi connectivity index (χ0) is 20.0. The molecule has 0 bridgehead atoms. The zero-order valence-electron chi connectivity index (χ0n) is 15.6. The molecule has 0 atom stereocenters. The largest absolute Gasteiger partial charge is 0.302 e. The van der Waals surface area contributed by atoms with Crippen molar-refractivity contribution in [1.82, 2.24) is 9.29 Å². The van der Waals surface area contributed by atoms with Crippen LogP contribution in [0.4, 0.5) is 5.13 Å². The van der Waals surface area contributed by atoms with Crippen LogP contribution >= 0.6 is 11.3 Å². The number of amides is 1. The summed E-state index contributed by atoms with van der Waals surface area (Å²) in [6.45, 7) is 5.86. The molecular formula is C18H23N3O4S2. The van der Waals surface area contributed by atoms with Gasteiger partial charge in [0.25, 0.3) is 0 Å². The lowest BCUT2D eigenvalue weighted by molar-refractivity contribution is -0.116. The Morgan fingerprint density at radius 2 is 1.78 bits per heavy atom. The summed E-state index contributed by atoms with van der Waals surface area (Å²) in [5.41, 5.74) is 1.20. The molecule has 1 aromatic heterocycles. The number of anilines is 1. The molecule has 1 amide bonds. The first kappa shape index (κ1) is 21.2. The fourth-order valence-corrected chi connectivity index (χ4v) is 4.70. The molecule has 0 saturated heterocycles. The predicted molar refractivity (Wildman–Crippen MR) is 106 cm³/mol. The number of aryl methyl sites for hydroxylation is 1. The number of benzene rings is 1. The van der Waals surface area contributed by atoms with Crippen molar-refractivity contribution in [2.75, 3.05) is 18.4 Å². The smallest absolute Gasteiger partial charge is 0.243 e. The van der Waals surface area contributed by atoms with Gasteiger partial charge in [0, 0.05) is 31.8 Å². The molecule has 27 heavy (non-hydrogen) atoms. The van der Waals surface area contributed by atoms with Crippen LogP contribution < -0.4 is 5.32 Å². The number of ketones is 1. The SMILES string of the molecule is CCN(CC)S(=O)(=O)c1ccc(CCC(=O)Nc2nc(C(C)=O)cs2)cc1. The molecule has 0 spiro atoms. The van der Waals surface area contributed by atoms with Gasteiger partial charge in [0.1, 0.15) is 5.69 Å². The quantitative estimate of drug-likeness (QED) is 0.642. The number of aromatic nitrogens is 1. The predicted octanol–water partition coefficient (Wildman–Crippen LogP) is 2.95. The van der Waals surface area contributed by atoms with Crippen molar-refractivity contribution in [1.29, 1.82) is 0 Å². The van der Waals surface area contributed by atoms with E-state index >= 15 is 0 Å². The van der Waals surface area contributed by atoms with Gasteiger partial charge < -0.3 is 5.32 Å². The maximum absolute atomic E-state index is 12.5. The van der Waals surface area contributed by atoms with Crippen molar-refractivity contribution in [3.63, 3.8) is 0 Å². The first-order valence-corrected chi connectivity index (χ1v) is 10.9. The normalized spacial score (nSPS) is 11.6. The summed E-state index contributed by atoms with van der Waals surface area (Å²) in [7, 11) is -3.48. The summed E-state index contributed by atoms with van der Waals surface area (Å²) in [4.78, 5) is 27.5. The third-order valence-corrected chi connectivity index (χ3v) is 6.84. The van der Waals surface area contributed by atoms with Gasteiger partial charge in [0.2, 0.25) is 15.9 Å². The van der Waals surface area contributed by atoms with Crippen LogP contribution in [0.5, 0.6) is 0 Å². The molecule has 7 nitrogen and oxygen atoms in total. The standard InChI is InChI=1S/C18H23N3O4S2/c1-4-21(5-2)27(24,25)15-9-6-14(7-10-15)8-11-17(23)20-18-19-16(12-26-18)13(3)22/h6-7,9-10,12H,4-5,8,11H2,1-3H3,(H,19,20,23). The Hall–Kier alpha value is -2.10. The molecule has 1 aromatic carbocycles. The van der Waals surface area contributed by atoms with Crippen LogP contribution in [0.3, 0.4) is 0 Å².